The van der Waals surface area contributed by atoms with Gasteiger partial charge in [0.2, 0.25) is 0 Å². The van der Waals surface area contributed by atoms with Crippen LogP contribution in [0.25, 0.3) is 0 Å². The van der Waals surface area contributed by atoms with Crippen LogP contribution < -0.4 is 10.9 Å². The highest BCUT2D eigenvalue weighted by atomic mass is 19.1. The second kappa shape index (κ2) is 6.20. The second-order valence-electron chi connectivity index (χ2n) is 8.63. The van der Waals surface area contributed by atoms with Crippen LogP contribution in [0.15, 0.2) is 24.0 Å². The maximum atomic E-state index is 12.5. The van der Waals surface area contributed by atoms with Crippen LogP contribution in [0.5, 0.6) is 0 Å². The monoisotopic (exact) mass is 346 g/mol. The number of nitrogens with one attached hydrogen (secondary N) is 2. The average Bonchev–Trinajstić information content (AvgIpc) is 3.26. The molecule has 5 aliphatic rings. The number of carbonyl (C=O) groups is 1. The molecule has 2 N–H and O–H groups in total. The zero-order valence-corrected chi connectivity index (χ0v) is 14.5. The first kappa shape index (κ1) is 16.0. The standard InChI is InChI=1S/C20H27FN2O2/c21-9-20(24)25-19-6-5-14-13-2-1-11-8-18-12(10-22-23-18)7-17(11)15(13)3-4-16(14)19/h3-4,6,11-18,22-23H,1-2,5,7-10H2. The van der Waals surface area contributed by atoms with Crippen LogP contribution in [0.2, 0.25) is 0 Å². The molecule has 136 valence electrons. The van der Waals surface area contributed by atoms with E-state index in [0.29, 0.717) is 29.6 Å². The molecule has 25 heavy (non-hydrogen) atoms. The Morgan fingerprint density at radius 1 is 1.16 bits per heavy atom. The van der Waals surface area contributed by atoms with Crippen molar-refractivity contribution < 1.29 is 13.9 Å². The average molecular weight is 346 g/mol. The summed E-state index contributed by atoms with van der Waals surface area (Å²) in [6.45, 7) is 0.0603. The predicted molar refractivity (Wildman–Crippen MR) is 91.7 cm³/mol. The SMILES string of the molecule is O=C(CF)OC1=CCC2C1C=CC1C3CC4CNNC4CC3CCC12. The predicted octanol–water partition coefficient (Wildman–Crippen LogP) is 2.73. The van der Waals surface area contributed by atoms with Gasteiger partial charge in [-0.3, -0.25) is 10.9 Å². The number of alkyl halides is 1. The third-order valence-corrected chi connectivity index (χ3v) is 7.63. The Morgan fingerprint density at radius 3 is 2.96 bits per heavy atom. The van der Waals surface area contributed by atoms with E-state index in [4.69, 9.17) is 4.74 Å². The van der Waals surface area contributed by atoms with Crippen LogP contribution in [0.3, 0.4) is 0 Å². The van der Waals surface area contributed by atoms with Crippen molar-refractivity contribution in [2.75, 3.05) is 13.2 Å². The number of ether oxygens (including phenoxy) is 1. The third-order valence-electron chi connectivity index (χ3n) is 7.63. The quantitative estimate of drug-likeness (QED) is 0.596. The van der Waals surface area contributed by atoms with Crippen molar-refractivity contribution in [1.29, 1.82) is 0 Å². The highest BCUT2D eigenvalue weighted by molar-refractivity contribution is 5.71. The summed E-state index contributed by atoms with van der Waals surface area (Å²) in [7, 11) is 0. The molecule has 4 aliphatic carbocycles. The summed E-state index contributed by atoms with van der Waals surface area (Å²) in [5.74, 6) is 4.43. The zero-order chi connectivity index (χ0) is 17.0. The van der Waals surface area contributed by atoms with Gasteiger partial charge in [0.15, 0.2) is 6.67 Å². The number of carbonyl (C=O) groups excluding carboxylic acids is 1. The minimum Gasteiger partial charge on any atom is -0.429 e. The molecule has 4 nitrogen and oxygen atoms in total. The van der Waals surface area contributed by atoms with Gasteiger partial charge in [-0.25, -0.2) is 9.18 Å². The largest absolute Gasteiger partial charge is 0.429 e. The first-order valence-corrected chi connectivity index (χ1v) is 9.88. The maximum Gasteiger partial charge on any atom is 0.342 e. The molecule has 0 aromatic rings. The number of hydrogen-bond donors (Lipinski definition) is 2. The number of rotatable bonds is 2. The molecule has 0 aromatic heterocycles. The van der Waals surface area contributed by atoms with Crippen LogP contribution in [-0.2, 0) is 9.53 Å². The molecule has 0 spiro atoms. The van der Waals surface area contributed by atoms with Crippen molar-refractivity contribution in [2.24, 2.45) is 41.4 Å². The van der Waals surface area contributed by atoms with Crippen molar-refractivity contribution in [2.45, 2.75) is 38.1 Å². The lowest BCUT2D eigenvalue weighted by molar-refractivity contribution is -0.141. The Hall–Kier alpha value is -1.20. The molecule has 0 aromatic carbocycles. The summed E-state index contributed by atoms with van der Waals surface area (Å²) in [4.78, 5) is 11.3. The summed E-state index contributed by atoms with van der Waals surface area (Å²) >= 11 is 0. The van der Waals surface area contributed by atoms with E-state index in [1.807, 2.05) is 6.08 Å². The first-order chi connectivity index (χ1) is 12.2. The van der Waals surface area contributed by atoms with Gasteiger partial charge in [0.1, 0.15) is 5.76 Å². The Labute approximate surface area is 148 Å². The molecular formula is C20H27FN2O2. The van der Waals surface area contributed by atoms with Gasteiger partial charge in [0.05, 0.1) is 0 Å². The Morgan fingerprint density at radius 2 is 2.08 bits per heavy atom. The molecule has 0 radical (unpaired) electrons. The topological polar surface area (TPSA) is 50.4 Å². The maximum absolute atomic E-state index is 12.5. The van der Waals surface area contributed by atoms with Crippen molar-refractivity contribution in [3.05, 3.63) is 24.0 Å². The van der Waals surface area contributed by atoms with E-state index < -0.39 is 12.6 Å². The Bertz CT molecular complexity index is 619. The van der Waals surface area contributed by atoms with E-state index in [0.717, 1.165) is 30.7 Å². The zero-order valence-electron chi connectivity index (χ0n) is 14.5. The van der Waals surface area contributed by atoms with Gasteiger partial charge in [-0.15, -0.1) is 0 Å². The second-order valence-corrected chi connectivity index (χ2v) is 8.63. The van der Waals surface area contributed by atoms with Crippen LogP contribution in [0, 0.1) is 41.4 Å². The number of fused-ring (bicyclic) bond motifs is 6. The van der Waals surface area contributed by atoms with Gasteiger partial charge in [-0.05, 0) is 73.7 Å². The van der Waals surface area contributed by atoms with Crippen molar-refractivity contribution in [3.8, 4) is 0 Å². The molecule has 5 heteroatoms. The van der Waals surface area contributed by atoms with E-state index in [1.165, 1.54) is 25.7 Å². The molecule has 2 saturated carbocycles. The minimum atomic E-state index is -1.04. The molecule has 1 heterocycles. The van der Waals surface area contributed by atoms with Crippen LogP contribution in [0.1, 0.15) is 32.1 Å². The van der Waals surface area contributed by atoms with Gasteiger partial charge in [0.25, 0.3) is 0 Å². The molecule has 0 amide bonds. The van der Waals surface area contributed by atoms with Crippen LogP contribution in [-0.4, -0.2) is 25.2 Å². The van der Waals surface area contributed by atoms with Crippen molar-refractivity contribution in [1.82, 2.24) is 10.9 Å². The molecule has 8 unspecified atom stereocenters. The normalized spacial score (nSPS) is 47.3. The minimum absolute atomic E-state index is 0.180. The fourth-order valence-corrected chi connectivity index (χ4v) is 6.57. The van der Waals surface area contributed by atoms with Gasteiger partial charge >= 0.3 is 5.97 Å². The fraction of sp³-hybridized carbons (Fsp3) is 0.750. The van der Waals surface area contributed by atoms with Gasteiger partial charge in [-0.1, -0.05) is 12.2 Å². The molecule has 3 fully saturated rings. The third kappa shape index (κ3) is 2.58. The number of hydrazine groups is 1. The smallest absolute Gasteiger partial charge is 0.342 e. The van der Waals surface area contributed by atoms with Crippen molar-refractivity contribution in [3.63, 3.8) is 0 Å². The van der Waals surface area contributed by atoms with Crippen molar-refractivity contribution >= 4 is 5.97 Å². The number of hydrogen-bond acceptors (Lipinski definition) is 4. The van der Waals surface area contributed by atoms with E-state index in [1.54, 1.807) is 0 Å². The van der Waals surface area contributed by atoms with Gasteiger partial charge in [0, 0.05) is 18.5 Å². The Kier molecular flexibility index (Phi) is 3.97. The summed E-state index contributed by atoms with van der Waals surface area (Å²) in [5.41, 5.74) is 6.83. The molecular weight excluding hydrogens is 319 g/mol. The number of halogens is 1. The molecule has 5 rings (SSSR count). The van der Waals surface area contributed by atoms with E-state index >= 15 is 0 Å². The van der Waals surface area contributed by atoms with E-state index in [-0.39, 0.29) is 5.92 Å². The molecule has 1 aliphatic heterocycles. The van der Waals surface area contributed by atoms with E-state index in [9.17, 15) is 9.18 Å². The lowest BCUT2D eigenvalue weighted by Gasteiger charge is -2.51. The highest BCUT2D eigenvalue weighted by Crippen LogP contribution is 2.56. The highest BCUT2D eigenvalue weighted by Gasteiger charge is 2.51. The first-order valence-electron chi connectivity index (χ1n) is 9.88. The Balaban J connectivity index is 1.34. The summed E-state index contributed by atoms with van der Waals surface area (Å²) in [6, 6.07) is 0.665. The fourth-order valence-electron chi connectivity index (χ4n) is 6.57. The summed E-state index contributed by atoms with van der Waals surface area (Å²) in [6.07, 6.45) is 12.9. The van der Waals surface area contributed by atoms with Crippen LogP contribution in [0.4, 0.5) is 4.39 Å². The van der Waals surface area contributed by atoms with Gasteiger partial charge in [-0.2, -0.15) is 0 Å². The van der Waals surface area contributed by atoms with E-state index in [2.05, 4.69) is 23.0 Å². The summed E-state index contributed by atoms with van der Waals surface area (Å²) in [5, 5.41) is 0. The van der Waals surface area contributed by atoms with Gasteiger partial charge < -0.3 is 4.74 Å². The molecule has 0 bridgehead atoms. The van der Waals surface area contributed by atoms with Crippen LogP contribution >= 0.6 is 0 Å². The number of allylic oxidation sites excluding steroid dienone is 3. The lowest BCUT2D eigenvalue weighted by atomic mass is 9.54. The number of esters is 1. The summed E-state index contributed by atoms with van der Waals surface area (Å²) < 4.78 is 17.7. The molecule has 8 atom stereocenters. The lowest BCUT2D eigenvalue weighted by Crippen LogP contribution is -2.47. The molecule has 1 saturated heterocycles.